The molecule has 0 aromatic heterocycles. The molecule has 1 N–H and O–H groups in total. The number of aliphatic hydroxyl groups excluding tert-OH is 1. The van der Waals surface area contributed by atoms with Crippen molar-refractivity contribution < 1.29 is 9.84 Å². The van der Waals surface area contributed by atoms with E-state index in [1.807, 2.05) is 12.1 Å². The molecule has 0 fully saturated rings. The van der Waals surface area contributed by atoms with Crippen LogP contribution in [0.2, 0.25) is 0 Å². The Bertz CT molecular complexity index is 322. The van der Waals surface area contributed by atoms with Crippen molar-refractivity contribution in [2.75, 3.05) is 26.8 Å². The van der Waals surface area contributed by atoms with Crippen LogP contribution in [0, 0.1) is 0 Å². The van der Waals surface area contributed by atoms with Gasteiger partial charge in [0.1, 0.15) is 5.75 Å². The molecule has 102 valence electrons. The Morgan fingerprint density at radius 2 is 1.83 bits per heavy atom. The zero-order valence-corrected chi connectivity index (χ0v) is 11.7. The Kier molecular flexibility index (Phi) is 6.76. The fraction of sp³-hybridized carbons (Fsp3) is 0.600. The number of benzene rings is 1. The maximum atomic E-state index is 8.90. The second-order valence-corrected chi connectivity index (χ2v) is 4.80. The lowest BCUT2D eigenvalue weighted by Gasteiger charge is -2.26. The van der Waals surface area contributed by atoms with Gasteiger partial charge in [-0.05, 0) is 44.4 Å². The predicted octanol–water partition coefficient (Wildman–Crippen LogP) is 2.33. The van der Waals surface area contributed by atoms with Gasteiger partial charge in [-0.2, -0.15) is 0 Å². The molecule has 0 unspecified atom stereocenters. The third kappa shape index (κ3) is 5.07. The van der Waals surface area contributed by atoms with Crippen molar-refractivity contribution in [2.45, 2.75) is 32.7 Å². The van der Waals surface area contributed by atoms with Gasteiger partial charge in [0.25, 0.3) is 0 Å². The first kappa shape index (κ1) is 15.0. The lowest BCUT2D eigenvalue weighted by molar-refractivity contribution is 0.193. The van der Waals surface area contributed by atoms with Crippen molar-refractivity contribution in [1.82, 2.24) is 4.90 Å². The lowest BCUT2D eigenvalue weighted by atomic mass is 10.1. The first-order valence-electron chi connectivity index (χ1n) is 6.65. The summed E-state index contributed by atoms with van der Waals surface area (Å²) in [7, 11) is 1.68. The highest BCUT2D eigenvalue weighted by molar-refractivity contribution is 5.27. The van der Waals surface area contributed by atoms with Crippen LogP contribution in [0.1, 0.15) is 25.8 Å². The summed E-state index contributed by atoms with van der Waals surface area (Å²) in [6, 6.07) is 8.76. The number of aliphatic hydroxyl groups is 1. The minimum atomic E-state index is 0.270. The average Bonchev–Trinajstić information content (AvgIpc) is 2.39. The van der Waals surface area contributed by atoms with Gasteiger partial charge in [-0.3, -0.25) is 0 Å². The maximum Gasteiger partial charge on any atom is 0.118 e. The number of ether oxygens (including phenoxy) is 1. The Balaban J connectivity index is 2.44. The molecule has 0 saturated carbocycles. The van der Waals surface area contributed by atoms with E-state index in [9.17, 15) is 0 Å². The first-order chi connectivity index (χ1) is 8.67. The molecule has 1 rings (SSSR count). The zero-order valence-electron chi connectivity index (χ0n) is 11.7. The maximum absolute atomic E-state index is 8.90. The van der Waals surface area contributed by atoms with Crippen molar-refractivity contribution in [1.29, 1.82) is 0 Å². The summed E-state index contributed by atoms with van der Waals surface area (Å²) in [5.41, 5.74) is 1.32. The summed E-state index contributed by atoms with van der Waals surface area (Å²) in [5.74, 6) is 0.903. The fourth-order valence-electron chi connectivity index (χ4n) is 1.97. The summed E-state index contributed by atoms with van der Waals surface area (Å²) in [4.78, 5) is 2.40. The van der Waals surface area contributed by atoms with E-state index in [1.165, 1.54) is 5.56 Å². The molecule has 18 heavy (non-hydrogen) atoms. The van der Waals surface area contributed by atoms with Crippen LogP contribution in [0.15, 0.2) is 24.3 Å². The summed E-state index contributed by atoms with van der Waals surface area (Å²) in [6.07, 6.45) is 1.88. The van der Waals surface area contributed by atoms with E-state index in [1.54, 1.807) is 7.11 Å². The van der Waals surface area contributed by atoms with Gasteiger partial charge in [0.05, 0.1) is 7.11 Å². The molecule has 0 atom stereocenters. The first-order valence-corrected chi connectivity index (χ1v) is 6.65. The minimum absolute atomic E-state index is 0.270. The van der Waals surface area contributed by atoms with Crippen LogP contribution >= 0.6 is 0 Å². The van der Waals surface area contributed by atoms with Crippen LogP contribution in [0.25, 0.3) is 0 Å². The van der Waals surface area contributed by atoms with Gasteiger partial charge in [-0.25, -0.2) is 0 Å². The molecular weight excluding hydrogens is 226 g/mol. The summed E-state index contributed by atoms with van der Waals surface area (Å²) < 4.78 is 5.15. The summed E-state index contributed by atoms with van der Waals surface area (Å²) in [5, 5.41) is 8.90. The molecule has 0 spiro atoms. The second kappa shape index (κ2) is 8.11. The molecule has 0 aliphatic heterocycles. The van der Waals surface area contributed by atoms with E-state index in [0.717, 1.165) is 31.7 Å². The summed E-state index contributed by atoms with van der Waals surface area (Å²) >= 11 is 0. The molecule has 0 radical (unpaired) electrons. The summed E-state index contributed by atoms with van der Waals surface area (Å²) in [6.45, 7) is 6.66. The number of methoxy groups -OCH3 is 1. The number of nitrogens with zero attached hydrogens (tertiary/aromatic N) is 1. The van der Waals surface area contributed by atoms with Crippen LogP contribution in [0.3, 0.4) is 0 Å². The molecule has 0 aliphatic carbocycles. The highest BCUT2D eigenvalue weighted by Gasteiger charge is 2.08. The van der Waals surface area contributed by atoms with Crippen LogP contribution in [-0.2, 0) is 6.42 Å². The molecule has 0 aliphatic rings. The highest BCUT2D eigenvalue weighted by atomic mass is 16.5. The average molecular weight is 251 g/mol. The van der Waals surface area contributed by atoms with Gasteiger partial charge in [-0.15, -0.1) is 0 Å². The van der Waals surface area contributed by atoms with Gasteiger partial charge < -0.3 is 14.7 Å². The fourth-order valence-corrected chi connectivity index (χ4v) is 1.97. The second-order valence-electron chi connectivity index (χ2n) is 4.80. The van der Waals surface area contributed by atoms with Crippen molar-refractivity contribution >= 4 is 0 Å². The molecule has 0 heterocycles. The smallest absolute Gasteiger partial charge is 0.118 e. The van der Waals surface area contributed by atoms with Crippen LogP contribution < -0.4 is 4.74 Å². The molecule has 0 saturated heterocycles. The minimum Gasteiger partial charge on any atom is -0.497 e. The van der Waals surface area contributed by atoms with Gasteiger partial charge in [-0.1, -0.05) is 12.1 Å². The predicted molar refractivity (Wildman–Crippen MR) is 75.1 cm³/mol. The molecule has 3 heteroatoms. The Morgan fingerprint density at radius 3 is 2.33 bits per heavy atom. The van der Waals surface area contributed by atoms with Gasteiger partial charge in [0.2, 0.25) is 0 Å². The lowest BCUT2D eigenvalue weighted by Crippen LogP contribution is -2.34. The third-order valence-corrected chi connectivity index (χ3v) is 3.18. The van der Waals surface area contributed by atoms with Gasteiger partial charge in [0.15, 0.2) is 0 Å². The number of hydrogen-bond acceptors (Lipinski definition) is 3. The van der Waals surface area contributed by atoms with Crippen LogP contribution in [-0.4, -0.2) is 42.9 Å². The van der Waals surface area contributed by atoms with Gasteiger partial charge >= 0.3 is 0 Å². The van der Waals surface area contributed by atoms with E-state index >= 15 is 0 Å². The Labute approximate surface area is 110 Å². The van der Waals surface area contributed by atoms with E-state index in [4.69, 9.17) is 9.84 Å². The third-order valence-electron chi connectivity index (χ3n) is 3.18. The molecule has 0 bridgehead atoms. The van der Waals surface area contributed by atoms with E-state index < -0.39 is 0 Å². The van der Waals surface area contributed by atoms with Crippen molar-refractivity contribution in [3.8, 4) is 5.75 Å². The SMILES string of the molecule is COc1ccc(CCN(CCCO)C(C)C)cc1. The molecule has 3 nitrogen and oxygen atoms in total. The van der Waals surface area contributed by atoms with E-state index in [0.29, 0.717) is 6.04 Å². The van der Waals surface area contributed by atoms with E-state index in [2.05, 4.69) is 30.9 Å². The number of hydrogen-bond donors (Lipinski definition) is 1. The topological polar surface area (TPSA) is 32.7 Å². The Morgan fingerprint density at radius 1 is 1.17 bits per heavy atom. The quantitative estimate of drug-likeness (QED) is 0.769. The normalized spacial score (nSPS) is 11.2. The van der Waals surface area contributed by atoms with Crippen molar-refractivity contribution in [2.24, 2.45) is 0 Å². The molecule has 0 amide bonds. The Hall–Kier alpha value is -1.06. The number of rotatable bonds is 8. The van der Waals surface area contributed by atoms with E-state index in [-0.39, 0.29) is 6.61 Å². The van der Waals surface area contributed by atoms with Crippen LogP contribution in [0.5, 0.6) is 5.75 Å². The monoisotopic (exact) mass is 251 g/mol. The van der Waals surface area contributed by atoms with Crippen LogP contribution in [0.4, 0.5) is 0 Å². The molecular formula is C15H25NO2. The van der Waals surface area contributed by atoms with Crippen molar-refractivity contribution in [3.05, 3.63) is 29.8 Å². The standard InChI is InChI=1S/C15H25NO2/c1-13(2)16(10-4-12-17)11-9-14-5-7-15(18-3)8-6-14/h5-8,13,17H,4,9-12H2,1-3H3. The zero-order chi connectivity index (χ0) is 13.4. The largest absolute Gasteiger partial charge is 0.497 e. The molecule has 1 aromatic carbocycles. The van der Waals surface area contributed by atoms with Gasteiger partial charge in [0, 0.05) is 25.7 Å². The highest BCUT2D eigenvalue weighted by Crippen LogP contribution is 2.12. The van der Waals surface area contributed by atoms with Crippen molar-refractivity contribution in [3.63, 3.8) is 0 Å². The molecule has 1 aromatic rings.